The maximum atomic E-state index is 2.38. The molecule has 0 aromatic rings. The van der Waals surface area contributed by atoms with E-state index < -0.39 is 0 Å². The van der Waals surface area contributed by atoms with Crippen LogP contribution in [0.15, 0.2) is 0 Å². The molecule has 0 saturated heterocycles. The van der Waals surface area contributed by atoms with E-state index >= 15 is 0 Å². The Labute approximate surface area is 146 Å². The molecule has 0 heterocycles. The van der Waals surface area contributed by atoms with Crippen LogP contribution in [0.4, 0.5) is 0 Å². The second-order valence-corrected chi connectivity index (χ2v) is 7.27. The number of nitrogens with zero attached hydrogens (tertiary/aromatic N) is 1. The predicted octanol–water partition coefficient (Wildman–Crippen LogP) is 3.18. The van der Waals surface area contributed by atoms with Gasteiger partial charge in [0.1, 0.15) is 0 Å². The highest BCUT2D eigenvalue weighted by Gasteiger charge is 2.11. The molecule has 2 heteroatoms. The number of halogens is 1. The second-order valence-electron chi connectivity index (χ2n) is 7.27. The Morgan fingerprint density at radius 2 is 0.857 bits per heavy atom. The molecule has 0 aliphatic heterocycles. The van der Waals surface area contributed by atoms with Gasteiger partial charge in [0.2, 0.25) is 0 Å². The van der Waals surface area contributed by atoms with Crippen molar-refractivity contribution in [3.63, 3.8) is 0 Å². The van der Waals surface area contributed by atoms with Crippen molar-refractivity contribution in [2.75, 3.05) is 27.2 Å². The zero-order valence-corrected chi connectivity index (χ0v) is 17.0. The maximum Gasteiger partial charge on any atom is 0.0782 e. The lowest BCUT2D eigenvalue weighted by molar-refractivity contribution is -0.890. The van der Waals surface area contributed by atoms with Crippen LogP contribution in [-0.2, 0) is 0 Å². The van der Waals surface area contributed by atoms with Gasteiger partial charge in [-0.15, -0.1) is 0 Å². The van der Waals surface area contributed by atoms with E-state index in [9.17, 15) is 0 Å². The van der Waals surface area contributed by atoms with E-state index in [1.165, 1.54) is 101 Å². The number of rotatable bonds is 15. The van der Waals surface area contributed by atoms with E-state index in [1.54, 1.807) is 0 Å². The summed E-state index contributed by atoms with van der Waals surface area (Å²) in [5.74, 6) is 0. The van der Waals surface area contributed by atoms with E-state index in [0.29, 0.717) is 0 Å². The first-order chi connectivity index (χ1) is 9.62. The van der Waals surface area contributed by atoms with Crippen LogP contribution < -0.4 is 17.0 Å². The van der Waals surface area contributed by atoms with Crippen LogP contribution in [-0.4, -0.2) is 31.7 Å². The lowest BCUT2D eigenvalue weighted by atomic mass is 10.1. The summed E-state index contributed by atoms with van der Waals surface area (Å²) in [7, 11) is 4.75. The molecule has 0 unspecified atom stereocenters. The fourth-order valence-electron chi connectivity index (χ4n) is 3.10. The molecule has 0 aliphatic rings. The highest BCUT2D eigenvalue weighted by atomic mass is 79.9. The standard InChI is InChI=1S/C19H42N.BrH/c1-5-7-8-9-10-11-12-13-14-15-16-17-19-20(3,4)18-6-2;/h5-19H2,1-4H3;1H/q+1;/p-1. The van der Waals surface area contributed by atoms with Gasteiger partial charge in [0.25, 0.3) is 0 Å². The van der Waals surface area contributed by atoms with Crippen molar-refractivity contribution in [1.82, 2.24) is 0 Å². The largest absolute Gasteiger partial charge is 1.00 e. The van der Waals surface area contributed by atoms with Gasteiger partial charge < -0.3 is 21.5 Å². The molecule has 0 aliphatic carbocycles. The monoisotopic (exact) mass is 363 g/mol. The third-order valence-electron chi connectivity index (χ3n) is 4.45. The highest BCUT2D eigenvalue weighted by molar-refractivity contribution is 4.48. The Morgan fingerprint density at radius 1 is 0.476 bits per heavy atom. The van der Waals surface area contributed by atoms with Crippen molar-refractivity contribution in [3.05, 3.63) is 0 Å². The quantitative estimate of drug-likeness (QED) is 0.309. The molecule has 0 amide bonds. The van der Waals surface area contributed by atoms with Gasteiger partial charge >= 0.3 is 0 Å². The first-order valence-electron chi connectivity index (χ1n) is 9.44. The summed E-state index contributed by atoms with van der Waals surface area (Å²) in [6.07, 6.45) is 18.7. The Balaban J connectivity index is 0. The average molecular weight is 364 g/mol. The first kappa shape index (κ1) is 23.7. The van der Waals surface area contributed by atoms with E-state index in [-0.39, 0.29) is 17.0 Å². The van der Waals surface area contributed by atoms with Gasteiger partial charge in [-0.05, 0) is 19.3 Å². The Kier molecular flexibility index (Phi) is 19.0. The van der Waals surface area contributed by atoms with Gasteiger partial charge in [-0.25, -0.2) is 0 Å². The van der Waals surface area contributed by atoms with Crippen LogP contribution in [0.25, 0.3) is 0 Å². The van der Waals surface area contributed by atoms with Crippen molar-refractivity contribution < 1.29 is 21.5 Å². The predicted molar refractivity (Wildman–Crippen MR) is 93.2 cm³/mol. The van der Waals surface area contributed by atoms with Crippen molar-refractivity contribution >= 4 is 0 Å². The number of unbranched alkanes of at least 4 members (excludes halogenated alkanes) is 11. The highest BCUT2D eigenvalue weighted by Crippen LogP contribution is 2.12. The average Bonchev–Trinajstić information content (AvgIpc) is 2.40. The van der Waals surface area contributed by atoms with Gasteiger partial charge in [0.15, 0.2) is 0 Å². The molecule has 130 valence electrons. The van der Waals surface area contributed by atoms with Crippen LogP contribution in [0.2, 0.25) is 0 Å². The van der Waals surface area contributed by atoms with Crippen LogP contribution in [0, 0.1) is 0 Å². The second kappa shape index (κ2) is 16.8. The smallest absolute Gasteiger partial charge is 0.0782 e. The zero-order valence-electron chi connectivity index (χ0n) is 15.4. The molecule has 0 atom stereocenters. The first-order valence-corrected chi connectivity index (χ1v) is 9.44. The van der Waals surface area contributed by atoms with Crippen LogP contribution in [0.1, 0.15) is 97.3 Å². The van der Waals surface area contributed by atoms with Crippen LogP contribution >= 0.6 is 0 Å². The minimum Gasteiger partial charge on any atom is -1.00 e. The molecule has 0 rings (SSSR count). The van der Waals surface area contributed by atoms with Crippen LogP contribution in [0.5, 0.6) is 0 Å². The maximum absolute atomic E-state index is 2.38. The summed E-state index contributed by atoms with van der Waals surface area (Å²) < 4.78 is 1.22. The third kappa shape index (κ3) is 18.4. The van der Waals surface area contributed by atoms with Crippen LogP contribution in [0.3, 0.4) is 0 Å². The summed E-state index contributed by atoms with van der Waals surface area (Å²) in [5, 5.41) is 0. The fourth-order valence-corrected chi connectivity index (χ4v) is 3.10. The summed E-state index contributed by atoms with van der Waals surface area (Å²) in [6.45, 7) is 7.29. The molecule has 1 nitrogen and oxygen atoms in total. The fraction of sp³-hybridized carbons (Fsp3) is 1.00. The SMILES string of the molecule is CCCCCCCCCCCCCC[N+](C)(C)CCC.[Br-]. The molecule has 21 heavy (non-hydrogen) atoms. The number of quaternary nitrogens is 1. The van der Waals surface area contributed by atoms with Crippen molar-refractivity contribution in [2.24, 2.45) is 0 Å². The summed E-state index contributed by atoms with van der Waals surface area (Å²) in [6, 6.07) is 0. The van der Waals surface area contributed by atoms with Crippen molar-refractivity contribution in [3.8, 4) is 0 Å². The van der Waals surface area contributed by atoms with Crippen molar-refractivity contribution in [1.29, 1.82) is 0 Å². The van der Waals surface area contributed by atoms with Gasteiger partial charge in [-0.3, -0.25) is 0 Å². The van der Waals surface area contributed by atoms with E-state index in [1.807, 2.05) is 0 Å². The van der Waals surface area contributed by atoms with E-state index in [0.717, 1.165) is 0 Å². The lowest BCUT2D eigenvalue weighted by Crippen LogP contribution is -3.00. The molecular formula is C19H42BrN. The molecule has 0 fully saturated rings. The summed E-state index contributed by atoms with van der Waals surface area (Å²) in [4.78, 5) is 0. The minimum absolute atomic E-state index is 0. The van der Waals surface area contributed by atoms with E-state index in [4.69, 9.17) is 0 Å². The Morgan fingerprint density at radius 3 is 1.24 bits per heavy atom. The van der Waals surface area contributed by atoms with Gasteiger partial charge in [-0.2, -0.15) is 0 Å². The molecule has 0 aromatic heterocycles. The normalized spacial score (nSPS) is 11.4. The number of hydrogen-bond donors (Lipinski definition) is 0. The third-order valence-corrected chi connectivity index (χ3v) is 4.45. The molecule has 0 aromatic carbocycles. The molecule has 0 bridgehead atoms. The van der Waals surface area contributed by atoms with Gasteiger partial charge in [-0.1, -0.05) is 78.1 Å². The zero-order chi connectivity index (χ0) is 15.1. The Bertz CT molecular complexity index is 192. The van der Waals surface area contributed by atoms with Gasteiger partial charge in [0, 0.05) is 0 Å². The molecular weight excluding hydrogens is 322 g/mol. The topological polar surface area (TPSA) is 0 Å². The Hall–Kier alpha value is 0.440. The lowest BCUT2D eigenvalue weighted by Gasteiger charge is -2.29. The minimum atomic E-state index is 0. The van der Waals surface area contributed by atoms with Crippen molar-refractivity contribution in [2.45, 2.75) is 97.3 Å². The molecule has 0 spiro atoms. The van der Waals surface area contributed by atoms with Gasteiger partial charge in [0.05, 0.1) is 27.2 Å². The molecule has 0 N–H and O–H groups in total. The summed E-state index contributed by atoms with van der Waals surface area (Å²) >= 11 is 0. The number of hydrogen-bond acceptors (Lipinski definition) is 0. The molecule has 0 saturated carbocycles. The molecule has 0 radical (unpaired) electrons. The summed E-state index contributed by atoms with van der Waals surface area (Å²) in [5.41, 5.74) is 0. The van der Waals surface area contributed by atoms with E-state index in [2.05, 4.69) is 27.9 Å².